The molecule has 0 aliphatic rings. The Morgan fingerprint density at radius 1 is 1.00 bits per heavy atom. The third-order valence-corrected chi connectivity index (χ3v) is 5.73. The summed E-state index contributed by atoms with van der Waals surface area (Å²) < 4.78 is 1.57. The van der Waals surface area contributed by atoms with Crippen molar-refractivity contribution in [2.24, 2.45) is 0 Å². The molecule has 0 fully saturated rings. The first-order valence-electron chi connectivity index (χ1n) is 9.03. The Kier molecular flexibility index (Phi) is 5.51. The zero-order valence-electron chi connectivity index (χ0n) is 15.6. The Hall–Kier alpha value is -2.89. The van der Waals surface area contributed by atoms with Crippen LogP contribution in [0, 0.1) is 6.92 Å². The Balaban J connectivity index is 1.75. The van der Waals surface area contributed by atoms with Gasteiger partial charge in [-0.3, -0.25) is 14.2 Å². The molecule has 0 spiro atoms. The fraction of sp³-hybridized carbons (Fsp3) is 0.0870. The maximum Gasteiger partial charge on any atom is 0.266 e. The van der Waals surface area contributed by atoms with E-state index < -0.39 is 0 Å². The number of fused-ring (bicyclic) bond motifs is 1. The average Bonchev–Trinajstić information content (AvgIpc) is 2.73. The second kappa shape index (κ2) is 8.23. The number of Topliss-reactive ketones (excluding diaryl/α,β-unsaturated/α-hetero) is 1. The van der Waals surface area contributed by atoms with Crippen LogP contribution in [-0.4, -0.2) is 21.1 Å². The first-order valence-corrected chi connectivity index (χ1v) is 10.4. The van der Waals surface area contributed by atoms with Crippen molar-refractivity contribution in [3.05, 3.63) is 99.3 Å². The Morgan fingerprint density at radius 2 is 1.69 bits per heavy atom. The number of carbonyl (C=O) groups excluding carboxylic acids is 1. The lowest BCUT2D eigenvalue weighted by Crippen LogP contribution is -2.22. The van der Waals surface area contributed by atoms with E-state index in [-0.39, 0.29) is 17.1 Å². The number of aromatic nitrogens is 2. The SMILES string of the molecule is Cc1ccc(-n2c(SCC(=O)c3ccc(Cl)cc3)nc3ccccc3c2=O)cc1. The Morgan fingerprint density at radius 3 is 2.41 bits per heavy atom. The molecule has 0 saturated heterocycles. The predicted octanol–water partition coefficient (Wildman–Crippen LogP) is 5.32. The molecule has 4 rings (SSSR count). The molecule has 1 heterocycles. The van der Waals surface area contributed by atoms with Crippen molar-refractivity contribution in [3.63, 3.8) is 0 Å². The summed E-state index contributed by atoms with van der Waals surface area (Å²) in [6, 6.07) is 21.7. The van der Waals surface area contributed by atoms with Crippen LogP contribution >= 0.6 is 23.4 Å². The van der Waals surface area contributed by atoms with E-state index >= 15 is 0 Å². The molecular formula is C23H17ClN2O2S. The van der Waals surface area contributed by atoms with Crippen molar-refractivity contribution in [3.8, 4) is 5.69 Å². The highest BCUT2D eigenvalue weighted by Crippen LogP contribution is 2.23. The van der Waals surface area contributed by atoms with Gasteiger partial charge in [-0.05, 0) is 55.5 Å². The molecule has 29 heavy (non-hydrogen) atoms. The largest absolute Gasteiger partial charge is 0.293 e. The van der Waals surface area contributed by atoms with E-state index in [1.165, 1.54) is 11.8 Å². The normalized spacial score (nSPS) is 11.0. The summed E-state index contributed by atoms with van der Waals surface area (Å²) in [5.41, 5.74) is 2.86. The number of halogens is 1. The number of aryl methyl sites for hydroxylation is 1. The fourth-order valence-electron chi connectivity index (χ4n) is 2.98. The Bertz CT molecular complexity index is 1250. The molecule has 0 bridgehead atoms. The fourth-order valence-corrected chi connectivity index (χ4v) is 4.01. The lowest BCUT2D eigenvalue weighted by atomic mass is 10.1. The van der Waals surface area contributed by atoms with Crippen LogP contribution in [0.5, 0.6) is 0 Å². The number of hydrogen-bond acceptors (Lipinski definition) is 4. The molecule has 6 heteroatoms. The van der Waals surface area contributed by atoms with Crippen molar-refractivity contribution < 1.29 is 4.79 Å². The van der Waals surface area contributed by atoms with Crippen molar-refractivity contribution in [1.82, 2.24) is 9.55 Å². The predicted molar refractivity (Wildman–Crippen MR) is 119 cm³/mol. The summed E-state index contributed by atoms with van der Waals surface area (Å²) in [5, 5.41) is 1.61. The van der Waals surface area contributed by atoms with Gasteiger partial charge in [-0.15, -0.1) is 0 Å². The van der Waals surface area contributed by atoms with Crippen LogP contribution in [0.4, 0.5) is 0 Å². The summed E-state index contributed by atoms with van der Waals surface area (Å²) in [6.45, 7) is 1.99. The average molecular weight is 421 g/mol. The van der Waals surface area contributed by atoms with Crippen molar-refractivity contribution in [2.75, 3.05) is 5.75 Å². The van der Waals surface area contributed by atoms with Crippen LogP contribution in [-0.2, 0) is 0 Å². The molecular weight excluding hydrogens is 404 g/mol. The van der Waals surface area contributed by atoms with Crippen molar-refractivity contribution >= 4 is 40.0 Å². The van der Waals surface area contributed by atoms with E-state index in [2.05, 4.69) is 4.98 Å². The van der Waals surface area contributed by atoms with Gasteiger partial charge in [0.25, 0.3) is 5.56 Å². The molecule has 0 aliphatic heterocycles. The second-order valence-electron chi connectivity index (χ2n) is 6.61. The first-order chi connectivity index (χ1) is 14.0. The molecule has 144 valence electrons. The molecule has 0 N–H and O–H groups in total. The van der Waals surface area contributed by atoms with Crippen LogP contribution < -0.4 is 5.56 Å². The second-order valence-corrected chi connectivity index (χ2v) is 7.99. The summed E-state index contributed by atoms with van der Waals surface area (Å²) in [7, 11) is 0. The third-order valence-electron chi connectivity index (χ3n) is 4.54. The monoisotopic (exact) mass is 420 g/mol. The molecule has 0 amide bonds. The van der Waals surface area contributed by atoms with E-state index in [1.54, 1.807) is 41.0 Å². The summed E-state index contributed by atoms with van der Waals surface area (Å²) in [6.07, 6.45) is 0. The van der Waals surface area contributed by atoms with E-state index in [4.69, 9.17) is 11.6 Å². The zero-order chi connectivity index (χ0) is 20.4. The van der Waals surface area contributed by atoms with E-state index in [9.17, 15) is 9.59 Å². The third kappa shape index (κ3) is 4.11. The molecule has 4 aromatic rings. The minimum Gasteiger partial charge on any atom is -0.293 e. The van der Waals surface area contributed by atoms with Gasteiger partial charge in [-0.25, -0.2) is 4.98 Å². The summed E-state index contributed by atoms with van der Waals surface area (Å²) in [4.78, 5) is 30.5. The summed E-state index contributed by atoms with van der Waals surface area (Å²) in [5.74, 6) is 0.114. The number of thioether (sulfide) groups is 1. The van der Waals surface area contributed by atoms with Crippen LogP contribution in [0.2, 0.25) is 5.02 Å². The minimum atomic E-state index is -0.152. The standard InChI is InChI=1S/C23H17ClN2O2S/c1-15-6-12-18(13-7-15)26-22(28)19-4-2-3-5-20(19)25-23(26)29-14-21(27)16-8-10-17(24)11-9-16/h2-13H,14H2,1H3. The van der Waals surface area contributed by atoms with Gasteiger partial charge in [0.1, 0.15) is 0 Å². The van der Waals surface area contributed by atoms with Crippen LogP contribution in [0.25, 0.3) is 16.6 Å². The highest BCUT2D eigenvalue weighted by Gasteiger charge is 2.15. The quantitative estimate of drug-likeness (QED) is 0.249. The highest BCUT2D eigenvalue weighted by molar-refractivity contribution is 7.99. The van der Waals surface area contributed by atoms with Gasteiger partial charge in [0.05, 0.1) is 22.3 Å². The first kappa shape index (κ1) is 19.4. The maximum absolute atomic E-state index is 13.2. The van der Waals surface area contributed by atoms with Crippen LogP contribution in [0.15, 0.2) is 82.7 Å². The molecule has 4 nitrogen and oxygen atoms in total. The van der Waals surface area contributed by atoms with E-state index in [1.807, 2.05) is 43.3 Å². The molecule has 0 radical (unpaired) electrons. The smallest absolute Gasteiger partial charge is 0.266 e. The number of hydrogen-bond donors (Lipinski definition) is 0. The molecule has 0 unspecified atom stereocenters. The number of benzene rings is 3. The van der Waals surface area contributed by atoms with Crippen molar-refractivity contribution in [1.29, 1.82) is 0 Å². The number of nitrogens with zero attached hydrogens (tertiary/aromatic N) is 2. The molecule has 1 aromatic heterocycles. The topological polar surface area (TPSA) is 52.0 Å². The molecule has 0 aliphatic carbocycles. The van der Waals surface area contributed by atoms with Gasteiger partial charge in [0.2, 0.25) is 0 Å². The highest BCUT2D eigenvalue weighted by atomic mass is 35.5. The van der Waals surface area contributed by atoms with Gasteiger partial charge in [-0.2, -0.15) is 0 Å². The van der Waals surface area contributed by atoms with Gasteiger partial charge in [0, 0.05) is 10.6 Å². The van der Waals surface area contributed by atoms with Crippen LogP contribution in [0.3, 0.4) is 0 Å². The van der Waals surface area contributed by atoms with Gasteiger partial charge < -0.3 is 0 Å². The maximum atomic E-state index is 13.2. The number of rotatable bonds is 5. The van der Waals surface area contributed by atoms with Gasteiger partial charge in [-0.1, -0.05) is 53.2 Å². The van der Waals surface area contributed by atoms with Gasteiger partial charge in [0.15, 0.2) is 10.9 Å². The number of carbonyl (C=O) groups is 1. The van der Waals surface area contributed by atoms with E-state index in [0.717, 1.165) is 11.3 Å². The number of para-hydroxylation sites is 1. The number of ketones is 1. The summed E-state index contributed by atoms with van der Waals surface area (Å²) >= 11 is 7.15. The molecule has 0 atom stereocenters. The van der Waals surface area contributed by atoms with Crippen molar-refractivity contribution in [2.45, 2.75) is 12.1 Å². The lowest BCUT2D eigenvalue weighted by molar-refractivity contribution is 0.102. The lowest BCUT2D eigenvalue weighted by Gasteiger charge is -2.13. The van der Waals surface area contributed by atoms with E-state index in [0.29, 0.717) is 26.6 Å². The zero-order valence-corrected chi connectivity index (χ0v) is 17.2. The minimum absolute atomic E-state index is 0.0514. The molecule has 0 saturated carbocycles. The van der Waals surface area contributed by atoms with Crippen LogP contribution in [0.1, 0.15) is 15.9 Å². The van der Waals surface area contributed by atoms with Gasteiger partial charge >= 0.3 is 0 Å². The Labute approximate surface area is 177 Å². The molecule has 3 aromatic carbocycles.